The van der Waals surface area contributed by atoms with Crippen LogP contribution in [0, 0.1) is 0 Å². The van der Waals surface area contributed by atoms with Crippen molar-refractivity contribution in [1.82, 2.24) is 19.1 Å². The van der Waals surface area contributed by atoms with E-state index in [1.54, 1.807) is 7.05 Å². The zero-order valence-corrected chi connectivity index (χ0v) is 15.0. The number of hydrogen-bond donors (Lipinski definition) is 1. The van der Waals surface area contributed by atoms with Gasteiger partial charge in [0.05, 0.1) is 0 Å². The third-order valence-electron chi connectivity index (χ3n) is 4.50. The Morgan fingerprint density at radius 2 is 1.44 bits per heavy atom. The van der Waals surface area contributed by atoms with E-state index in [1.807, 2.05) is 0 Å². The zero-order valence-electron chi connectivity index (χ0n) is 15.0. The summed E-state index contributed by atoms with van der Waals surface area (Å²) in [4.78, 5) is 32.9. The van der Waals surface area contributed by atoms with Gasteiger partial charge in [0, 0.05) is 32.6 Å². The van der Waals surface area contributed by atoms with Crippen LogP contribution in [-0.2, 0) is 13.6 Å². The molecule has 2 rings (SSSR count). The predicted molar refractivity (Wildman–Crippen MR) is 97.7 cm³/mol. The third-order valence-corrected chi connectivity index (χ3v) is 4.50. The molecule has 0 fully saturated rings. The fraction of sp³-hybridized carbons (Fsp3) is 0.667. The first kappa shape index (κ1) is 19.3. The molecular formula is C18H28N4O3. The molecular weight excluding hydrogens is 320 g/mol. The molecule has 1 N–H and O–H groups in total. The number of rotatable bonds is 11. The minimum absolute atomic E-state index is 0.243. The lowest BCUT2D eigenvalue weighted by Gasteiger charge is -2.09. The minimum atomic E-state index is -0.352. The molecule has 0 radical (unpaired) electrons. The van der Waals surface area contributed by atoms with Crippen molar-refractivity contribution in [3.05, 3.63) is 33.2 Å². The monoisotopic (exact) mass is 348 g/mol. The van der Waals surface area contributed by atoms with E-state index in [-0.39, 0.29) is 16.8 Å². The van der Waals surface area contributed by atoms with Crippen molar-refractivity contribution in [2.24, 2.45) is 7.05 Å². The summed E-state index contributed by atoms with van der Waals surface area (Å²) < 4.78 is 2.65. The first-order chi connectivity index (χ1) is 12.2. The number of hydrogen-bond acceptors (Lipinski definition) is 5. The second-order valence-corrected chi connectivity index (χ2v) is 6.43. The Morgan fingerprint density at radius 1 is 0.880 bits per heavy atom. The minimum Gasteiger partial charge on any atom is -0.396 e. The van der Waals surface area contributed by atoms with Crippen LogP contribution in [0.1, 0.15) is 57.8 Å². The van der Waals surface area contributed by atoms with E-state index in [1.165, 1.54) is 47.2 Å². The molecule has 25 heavy (non-hydrogen) atoms. The Balaban J connectivity index is 1.80. The molecule has 138 valence electrons. The van der Waals surface area contributed by atoms with Crippen molar-refractivity contribution in [2.75, 3.05) is 6.61 Å². The van der Waals surface area contributed by atoms with Crippen LogP contribution in [0.25, 0.3) is 11.2 Å². The van der Waals surface area contributed by atoms with E-state index in [0.717, 1.165) is 32.1 Å². The highest BCUT2D eigenvalue weighted by atomic mass is 16.3. The maximum atomic E-state index is 12.4. The van der Waals surface area contributed by atoms with Crippen molar-refractivity contribution >= 4 is 11.2 Å². The molecule has 2 aromatic rings. The van der Waals surface area contributed by atoms with Crippen LogP contribution in [0.3, 0.4) is 0 Å². The predicted octanol–water partition coefficient (Wildman–Crippen LogP) is 1.99. The molecule has 2 heterocycles. The molecule has 7 nitrogen and oxygen atoms in total. The molecule has 0 unspecified atom stereocenters. The molecule has 2 aromatic heterocycles. The summed E-state index contributed by atoms with van der Waals surface area (Å²) in [7, 11) is 1.62. The van der Waals surface area contributed by atoms with Gasteiger partial charge in [0.1, 0.15) is 0 Å². The fourth-order valence-electron chi connectivity index (χ4n) is 3.03. The maximum Gasteiger partial charge on any atom is 0.332 e. The lowest BCUT2D eigenvalue weighted by atomic mass is 10.1. The summed E-state index contributed by atoms with van der Waals surface area (Å²) in [6, 6.07) is 0. The van der Waals surface area contributed by atoms with Crippen molar-refractivity contribution in [1.29, 1.82) is 0 Å². The third kappa shape index (κ3) is 5.22. The highest BCUT2D eigenvalue weighted by molar-refractivity contribution is 5.67. The van der Waals surface area contributed by atoms with E-state index in [9.17, 15) is 9.59 Å². The van der Waals surface area contributed by atoms with Gasteiger partial charge < -0.3 is 5.11 Å². The van der Waals surface area contributed by atoms with E-state index in [2.05, 4.69) is 9.97 Å². The van der Waals surface area contributed by atoms with Gasteiger partial charge in [0.25, 0.3) is 5.56 Å². The normalized spacial score (nSPS) is 11.3. The average Bonchev–Trinajstić information content (AvgIpc) is 2.64. The number of unbranched alkanes of at least 4 members (excludes halogenated alkanes) is 8. The lowest BCUT2D eigenvalue weighted by molar-refractivity contribution is 0.282. The quantitative estimate of drug-likeness (QED) is 0.627. The van der Waals surface area contributed by atoms with Gasteiger partial charge in [-0.15, -0.1) is 0 Å². The molecule has 0 saturated carbocycles. The van der Waals surface area contributed by atoms with Crippen molar-refractivity contribution in [3.8, 4) is 0 Å². The lowest BCUT2D eigenvalue weighted by Crippen LogP contribution is -2.39. The van der Waals surface area contributed by atoms with Crippen LogP contribution in [0.4, 0.5) is 0 Å². The van der Waals surface area contributed by atoms with Gasteiger partial charge in [-0.1, -0.05) is 44.9 Å². The Morgan fingerprint density at radius 3 is 2.08 bits per heavy atom. The maximum absolute atomic E-state index is 12.4. The Labute approximate surface area is 147 Å². The number of aromatic nitrogens is 4. The SMILES string of the molecule is Cn1c(=O)n(CCCCCCCCCCCO)c(=O)c2nccnc21. The zero-order chi connectivity index (χ0) is 18.1. The summed E-state index contributed by atoms with van der Waals surface area (Å²) in [5.41, 5.74) is -0.112. The summed E-state index contributed by atoms with van der Waals surface area (Å²) in [5.74, 6) is 0. The van der Waals surface area contributed by atoms with Crippen LogP contribution in [0.15, 0.2) is 22.0 Å². The molecule has 0 aromatic carbocycles. The second kappa shape index (κ2) is 10.1. The van der Waals surface area contributed by atoms with Gasteiger partial charge in [-0.3, -0.25) is 13.9 Å². The molecule has 7 heteroatoms. The van der Waals surface area contributed by atoms with Crippen LogP contribution in [0.2, 0.25) is 0 Å². The van der Waals surface area contributed by atoms with E-state index >= 15 is 0 Å². The molecule has 0 amide bonds. The van der Waals surface area contributed by atoms with Gasteiger partial charge in [-0.05, 0) is 12.8 Å². The Bertz CT molecular complexity index is 782. The smallest absolute Gasteiger partial charge is 0.332 e. The molecule has 0 bridgehead atoms. The highest BCUT2D eigenvalue weighted by Gasteiger charge is 2.12. The largest absolute Gasteiger partial charge is 0.396 e. The number of aryl methyl sites for hydroxylation is 1. The van der Waals surface area contributed by atoms with Crippen molar-refractivity contribution in [3.63, 3.8) is 0 Å². The van der Waals surface area contributed by atoms with Crippen molar-refractivity contribution in [2.45, 2.75) is 64.3 Å². The van der Waals surface area contributed by atoms with Gasteiger partial charge in [-0.2, -0.15) is 0 Å². The van der Waals surface area contributed by atoms with E-state index < -0.39 is 0 Å². The Kier molecular flexibility index (Phi) is 7.78. The number of fused-ring (bicyclic) bond motifs is 1. The first-order valence-corrected chi connectivity index (χ1v) is 9.18. The van der Waals surface area contributed by atoms with Gasteiger partial charge >= 0.3 is 5.69 Å². The standard InChI is InChI=1S/C18H28N4O3/c1-21-16-15(19-11-12-20-16)17(24)22(18(21)25)13-9-7-5-3-2-4-6-8-10-14-23/h11-12,23H,2-10,13-14H2,1H3. The number of aliphatic hydroxyl groups is 1. The van der Waals surface area contributed by atoms with Gasteiger partial charge in [0.2, 0.25) is 0 Å². The molecule has 0 saturated heterocycles. The topological polar surface area (TPSA) is 90.0 Å². The molecule has 0 atom stereocenters. The highest BCUT2D eigenvalue weighted by Crippen LogP contribution is 2.10. The molecule has 0 aliphatic carbocycles. The van der Waals surface area contributed by atoms with Crippen LogP contribution < -0.4 is 11.2 Å². The average molecular weight is 348 g/mol. The Hall–Kier alpha value is -2.02. The van der Waals surface area contributed by atoms with Gasteiger partial charge in [-0.25, -0.2) is 14.8 Å². The summed E-state index contributed by atoms with van der Waals surface area (Å²) in [6.45, 7) is 0.716. The molecule has 0 aliphatic rings. The first-order valence-electron chi connectivity index (χ1n) is 9.18. The van der Waals surface area contributed by atoms with Crippen LogP contribution >= 0.6 is 0 Å². The summed E-state index contributed by atoms with van der Waals surface area (Å²) in [5, 5.41) is 8.72. The van der Waals surface area contributed by atoms with E-state index in [0.29, 0.717) is 18.8 Å². The molecule has 0 spiro atoms. The van der Waals surface area contributed by atoms with Crippen LogP contribution in [-0.4, -0.2) is 30.8 Å². The van der Waals surface area contributed by atoms with Gasteiger partial charge in [0.15, 0.2) is 11.2 Å². The van der Waals surface area contributed by atoms with Crippen molar-refractivity contribution < 1.29 is 5.11 Å². The number of aliphatic hydroxyl groups excluding tert-OH is 1. The summed E-state index contributed by atoms with van der Waals surface area (Å²) >= 11 is 0. The second-order valence-electron chi connectivity index (χ2n) is 6.43. The van der Waals surface area contributed by atoms with Crippen LogP contribution in [0.5, 0.6) is 0 Å². The number of nitrogens with zero attached hydrogens (tertiary/aromatic N) is 4. The van der Waals surface area contributed by atoms with E-state index in [4.69, 9.17) is 5.11 Å². The fourth-order valence-corrected chi connectivity index (χ4v) is 3.03. The molecule has 0 aliphatic heterocycles. The summed E-state index contributed by atoms with van der Waals surface area (Å²) in [6.07, 6.45) is 12.7.